The van der Waals surface area contributed by atoms with E-state index in [0.29, 0.717) is 12.5 Å². The molecule has 1 aromatic rings. The van der Waals surface area contributed by atoms with Crippen molar-refractivity contribution in [1.82, 2.24) is 5.32 Å². The van der Waals surface area contributed by atoms with Crippen molar-refractivity contribution >= 4 is 5.69 Å². The topological polar surface area (TPSA) is 15.3 Å². The van der Waals surface area contributed by atoms with Crippen molar-refractivity contribution in [3.05, 3.63) is 29.6 Å². The summed E-state index contributed by atoms with van der Waals surface area (Å²) in [4.78, 5) is 2.38. The van der Waals surface area contributed by atoms with Crippen LogP contribution >= 0.6 is 0 Å². The summed E-state index contributed by atoms with van der Waals surface area (Å²) >= 11 is 0. The van der Waals surface area contributed by atoms with Gasteiger partial charge in [0, 0.05) is 30.9 Å². The lowest BCUT2D eigenvalue weighted by Crippen LogP contribution is -2.29. The van der Waals surface area contributed by atoms with Gasteiger partial charge in [0.05, 0.1) is 0 Å². The summed E-state index contributed by atoms with van der Waals surface area (Å²) in [6, 6.07) is 5.51. The van der Waals surface area contributed by atoms with Gasteiger partial charge in [0.25, 0.3) is 0 Å². The van der Waals surface area contributed by atoms with E-state index in [2.05, 4.69) is 30.1 Å². The minimum absolute atomic E-state index is 0.0779. The fourth-order valence-electron chi connectivity index (χ4n) is 2.99. The first kappa shape index (κ1) is 16.3. The second kappa shape index (κ2) is 8.38. The third kappa shape index (κ3) is 4.99. The number of benzene rings is 1. The van der Waals surface area contributed by atoms with E-state index in [1.807, 2.05) is 6.07 Å². The van der Waals surface area contributed by atoms with Gasteiger partial charge in [-0.1, -0.05) is 39.2 Å². The molecule has 3 heteroatoms. The van der Waals surface area contributed by atoms with Crippen molar-refractivity contribution in [1.29, 1.82) is 0 Å². The van der Waals surface area contributed by atoms with E-state index < -0.39 is 0 Å². The van der Waals surface area contributed by atoms with E-state index in [-0.39, 0.29) is 5.82 Å². The number of anilines is 1. The standard InChI is InChI=1S/C18H29FN2/c1-15(2)13-20-14-16-17(19)9-8-10-18(16)21-11-6-4-3-5-7-12-21/h8-10,15,20H,3-7,11-14H2,1-2H3. The largest absolute Gasteiger partial charge is 0.371 e. The molecular formula is C18H29FN2. The number of nitrogens with zero attached hydrogens (tertiary/aromatic N) is 1. The molecule has 2 nitrogen and oxygen atoms in total. The highest BCUT2D eigenvalue weighted by Crippen LogP contribution is 2.25. The number of rotatable bonds is 5. The van der Waals surface area contributed by atoms with Crippen molar-refractivity contribution in [3.63, 3.8) is 0 Å². The summed E-state index contributed by atoms with van der Waals surface area (Å²) in [5.41, 5.74) is 1.92. The zero-order valence-electron chi connectivity index (χ0n) is 13.5. The lowest BCUT2D eigenvalue weighted by Gasteiger charge is -2.29. The van der Waals surface area contributed by atoms with E-state index in [0.717, 1.165) is 30.9 Å². The summed E-state index contributed by atoms with van der Waals surface area (Å²) < 4.78 is 14.2. The van der Waals surface area contributed by atoms with Crippen molar-refractivity contribution in [2.75, 3.05) is 24.5 Å². The Morgan fingerprint density at radius 2 is 1.76 bits per heavy atom. The summed E-state index contributed by atoms with van der Waals surface area (Å²) in [6.45, 7) is 8.01. The molecule has 1 heterocycles. The van der Waals surface area contributed by atoms with Gasteiger partial charge in [-0.2, -0.15) is 0 Å². The first-order valence-electron chi connectivity index (χ1n) is 8.41. The van der Waals surface area contributed by atoms with E-state index in [1.54, 1.807) is 6.07 Å². The van der Waals surface area contributed by atoms with Gasteiger partial charge in [-0.05, 0) is 37.4 Å². The van der Waals surface area contributed by atoms with Crippen molar-refractivity contribution < 1.29 is 4.39 Å². The van der Waals surface area contributed by atoms with Crippen molar-refractivity contribution in [3.8, 4) is 0 Å². The Balaban J connectivity index is 2.11. The molecule has 0 spiro atoms. The summed E-state index contributed by atoms with van der Waals surface area (Å²) in [6.07, 6.45) is 6.38. The first-order valence-corrected chi connectivity index (χ1v) is 8.41. The maximum absolute atomic E-state index is 14.2. The molecule has 0 bridgehead atoms. The highest BCUT2D eigenvalue weighted by atomic mass is 19.1. The number of hydrogen-bond acceptors (Lipinski definition) is 2. The fourth-order valence-corrected chi connectivity index (χ4v) is 2.99. The van der Waals surface area contributed by atoms with E-state index >= 15 is 0 Å². The highest BCUT2D eigenvalue weighted by Gasteiger charge is 2.15. The lowest BCUT2D eigenvalue weighted by molar-refractivity contribution is 0.528. The molecule has 0 amide bonds. The molecule has 1 fully saturated rings. The molecule has 0 aliphatic carbocycles. The van der Waals surface area contributed by atoms with Gasteiger partial charge < -0.3 is 10.2 Å². The Morgan fingerprint density at radius 3 is 2.43 bits per heavy atom. The molecule has 118 valence electrons. The molecular weight excluding hydrogens is 263 g/mol. The van der Waals surface area contributed by atoms with Crippen LogP contribution < -0.4 is 10.2 Å². The first-order chi connectivity index (χ1) is 10.2. The molecule has 0 unspecified atom stereocenters. The zero-order chi connectivity index (χ0) is 15.1. The van der Waals surface area contributed by atoms with Crippen molar-refractivity contribution in [2.24, 2.45) is 5.92 Å². The molecule has 21 heavy (non-hydrogen) atoms. The molecule has 1 aliphatic heterocycles. The molecule has 1 N–H and O–H groups in total. The average Bonchev–Trinajstić information content (AvgIpc) is 2.40. The smallest absolute Gasteiger partial charge is 0.129 e. The van der Waals surface area contributed by atoms with Crippen LogP contribution in [0.3, 0.4) is 0 Å². The fraction of sp³-hybridized carbons (Fsp3) is 0.667. The molecule has 1 saturated heterocycles. The Morgan fingerprint density at radius 1 is 1.10 bits per heavy atom. The lowest BCUT2D eigenvalue weighted by atomic mass is 10.1. The molecule has 0 saturated carbocycles. The Bertz CT molecular complexity index is 423. The van der Waals surface area contributed by atoms with Crippen LogP contribution in [-0.2, 0) is 6.54 Å². The Labute approximate surface area is 128 Å². The van der Waals surface area contributed by atoms with Gasteiger partial charge in [0.2, 0.25) is 0 Å². The van der Waals surface area contributed by atoms with Gasteiger partial charge in [-0.3, -0.25) is 0 Å². The molecule has 1 aromatic carbocycles. The monoisotopic (exact) mass is 292 g/mol. The quantitative estimate of drug-likeness (QED) is 0.868. The van der Waals surface area contributed by atoms with Crippen LogP contribution in [0.15, 0.2) is 18.2 Å². The van der Waals surface area contributed by atoms with E-state index in [1.165, 1.54) is 32.1 Å². The predicted octanol–water partition coefficient (Wildman–Crippen LogP) is 4.34. The Hall–Kier alpha value is -1.09. The Kier molecular flexibility index (Phi) is 6.50. The third-order valence-corrected chi connectivity index (χ3v) is 4.15. The van der Waals surface area contributed by atoms with Gasteiger partial charge >= 0.3 is 0 Å². The molecule has 1 aliphatic rings. The number of halogens is 1. The van der Waals surface area contributed by atoms with Crippen LogP contribution in [0, 0.1) is 11.7 Å². The van der Waals surface area contributed by atoms with Gasteiger partial charge in [-0.25, -0.2) is 4.39 Å². The number of nitrogens with one attached hydrogen (secondary N) is 1. The van der Waals surface area contributed by atoms with Gasteiger partial charge in [0.15, 0.2) is 0 Å². The predicted molar refractivity (Wildman–Crippen MR) is 88.2 cm³/mol. The van der Waals surface area contributed by atoms with Crippen LogP contribution in [0.5, 0.6) is 0 Å². The highest BCUT2D eigenvalue weighted by molar-refractivity contribution is 5.54. The van der Waals surface area contributed by atoms with Gasteiger partial charge in [0.1, 0.15) is 5.82 Å². The maximum Gasteiger partial charge on any atom is 0.129 e. The minimum Gasteiger partial charge on any atom is -0.371 e. The maximum atomic E-state index is 14.2. The second-order valence-corrected chi connectivity index (χ2v) is 6.52. The molecule has 0 aromatic heterocycles. The summed E-state index contributed by atoms with van der Waals surface area (Å²) in [7, 11) is 0. The summed E-state index contributed by atoms with van der Waals surface area (Å²) in [5, 5.41) is 3.38. The van der Waals surface area contributed by atoms with E-state index in [4.69, 9.17) is 0 Å². The van der Waals surface area contributed by atoms with Crippen LogP contribution in [-0.4, -0.2) is 19.6 Å². The third-order valence-electron chi connectivity index (χ3n) is 4.15. The molecule has 0 atom stereocenters. The summed E-state index contributed by atoms with van der Waals surface area (Å²) in [5.74, 6) is 0.507. The SMILES string of the molecule is CC(C)CNCc1c(F)cccc1N1CCCCCCC1. The van der Waals surface area contributed by atoms with Gasteiger partial charge in [-0.15, -0.1) is 0 Å². The van der Waals surface area contributed by atoms with Crippen LogP contribution in [0.25, 0.3) is 0 Å². The number of hydrogen-bond donors (Lipinski definition) is 1. The normalized spacial score (nSPS) is 16.9. The van der Waals surface area contributed by atoms with Crippen LogP contribution in [0.1, 0.15) is 51.5 Å². The molecule has 2 rings (SSSR count). The average molecular weight is 292 g/mol. The zero-order valence-corrected chi connectivity index (χ0v) is 13.5. The molecule has 0 radical (unpaired) electrons. The second-order valence-electron chi connectivity index (χ2n) is 6.52. The van der Waals surface area contributed by atoms with Crippen LogP contribution in [0.2, 0.25) is 0 Å². The van der Waals surface area contributed by atoms with Crippen LogP contribution in [0.4, 0.5) is 10.1 Å². The minimum atomic E-state index is -0.0779. The van der Waals surface area contributed by atoms with E-state index in [9.17, 15) is 4.39 Å². The van der Waals surface area contributed by atoms with Crippen molar-refractivity contribution in [2.45, 2.75) is 52.5 Å².